The van der Waals surface area contributed by atoms with Gasteiger partial charge in [0.25, 0.3) is 5.91 Å². The zero-order valence-corrected chi connectivity index (χ0v) is 13.4. The highest BCUT2D eigenvalue weighted by atomic mass is 19.4. The Labute approximate surface area is 138 Å². The predicted octanol–water partition coefficient (Wildman–Crippen LogP) is 4.13. The van der Waals surface area contributed by atoms with Crippen LogP contribution in [0.3, 0.4) is 0 Å². The fraction of sp³-hybridized carbons (Fsp3) is 0.278. The van der Waals surface area contributed by atoms with Crippen LogP contribution in [0.5, 0.6) is 5.75 Å². The highest BCUT2D eigenvalue weighted by Gasteiger charge is 2.30. The van der Waals surface area contributed by atoms with Crippen molar-refractivity contribution in [2.45, 2.75) is 20.0 Å². The maximum Gasteiger partial charge on any atom is 0.416 e. The molecule has 128 valence electrons. The molecule has 1 N–H and O–H groups in total. The summed E-state index contributed by atoms with van der Waals surface area (Å²) in [5.41, 5.74) is 1.89. The van der Waals surface area contributed by atoms with Crippen molar-refractivity contribution in [1.29, 1.82) is 0 Å². The van der Waals surface area contributed by atoms with E-state index < -0.39 is 11.7 Å². The molecule has 0 aliphatic heterocycles. The molecule has 0 bridgehead atoms. The largest absolute Gasteiger partial charge is 0.492 e. The molecule has 0 radical (unpaired) electrons. The van der Waals surface area contributed by atoms with Gasteiger partial charge in [0.15, 0.2) is 0 Å². The first-order valence-electron chi connectivity index (χ1n) is 7.43. The van der Waals surface area contributed by atoms with E-state index >= 15 is 0 Å². The van der Waals surface area contributed by atoms with E-state index in [1.54, 1.807) is 12.1 Å². The predicted molar refractivity (Wildman–Crippen MR) is 85.2 cm³/mol. The molecular formula is C18H18F3NO2. The summed E-state index contributed by atoms with van der Waals surface area (Å²) in [4.78, 5) is 12.0. The van der Waals surface area contributed by atoms with Crippen LogP contribution in [-0.4, -0.2) is 19.1 Å². The monoisotopic (exact) mass is 337 g/mol. The molecule has 2 rings (SSSR count). The average molecular weight is 337 g/mol. The third-order valence-corrected chi connectivity index (χ3v) is 3.59. The minimum atomic E-state index is -4.41. The number of carbonyl (C=O) groups excluding carboxylic acids is 1. The molecule has 0 unspecified atom stereocenters. The number of amides is 1. The molecule has 3 nitrogen and oxygen atoms in total. The van der Waals surface area contributed by atoms with E-state index in [9.17, 15) is 18.0 Å². The zero-order chi connectivity index (χ0) is 17.7. The molecule has 0 spiro atoms. The van der Waals surface area contributed by atoms with E-state index in [0.717, 1.165) is 23.3 Å². The molecule has 2 aromatic carbocycles. The first-order chi connectivity index (χ1) is 11.3. The first-order valence-corrected chi connectivity index (χ1v) is 7.43. The lowest BCUT2D eigenvalue weighted by atomic mass is 10.1. The number of carbonyl (C=O) groups is 1. The van der Waals surface area contributed by atoms with Crippen molar-refractivity contribution in [2.75, 3.05) is 13.2 Å². The minimum absolute atomic E-state index is 0.0812. The topological polar surface area (TPSA) is 38.3 Å². The van der Waals surface area contributed by atoms with Gasteiger partial charge in [-0.05, 0) is 55.3 Å². The highest BCUT2D eigenvalue weighted by Crippen LogP contribution is 2.31. The number of alkyl halides is 3. The van der Waals surface area contributed by atoms with Crippen LogP contribution in [0.15, 0.2) is 42.5 Å². The number of aryl methyl sites for hydroxylation is 2. The maximum absolute atomic E-state index is 12.6. The maximum atomic E-state index is 12.6. The van der Waals surface area contributed by atoms with Crippen LogP contribution in [0, 0.1) is 13.8 Å². The van der Waals surface area contributed by atoms with Gasteiger partial charge in [-0.1, -0.05) is 12.1 Å². The molecule has 0 fully saturated rings. The summed E-state index contributed by atoms with van der Waals surface area (Å²) in [6, 6.07) is 10.0. The molecule has 2 aromatic rings. The first kappa shape index (κ1) is 17.8. The van der Waals surface area contributed by atoms with Crippen molar-refractivity contribution < 1.29 is 22.7 Å². The molecule has 0 atom stereocenters. The van der Waals surface area contributed by atoms with Crippen LogP contribution in [0.1, 0.15) is 27.0 Å². The number of benzene rings is 2. The summed E-state index contributed by atoms with van der Waals surface area (Å²) in [7, 11) is 0. The average Bonchev–Trinajstić information content (AvgIpc) is 2.53. The smallest absolute Gasteiger partial charge is 0.416 e. The molecule has 1 amide bonds. The molecule has 0 aromatic heterocycles. The van der Waals surface area contributed by atoms with E-state index in [0.29, 0.717) is 5.56 Å². The fourth-order valence-electron chi connectivity index (χ4n) is 2.08. The van der Waals surface area contributed by atoms with E-state index in [1.807, 2.05) is 19.9 Å². The van der Waals surface area contributed by atoms with Gasteiger partial charge < -0.3 is 10.1 Å². The summed E-state index contributed by atoms with van der Waals surface area (Å²) in [5, 5.41) is 2.67. The van der Waals surface area contributed by atoms with Crippen molar-refractivity contribution in [3.8, 4) is 5.75 Å². The minimum Gasteiger partial charge on any atom is -0.492 e. The Kier molecular flexibility index (Phi) is 5.49. The van der Waals surface area contributed by atoms with Crippen LogP contribution in [0.4, 0.5) is 13.2 Å². The highest BCUT2D eigenvalue weighted by molar-refractivity contribution is 5.94. The summed E-state index contributed by atoms with van der Waals surface area (Å²) in [6.07, 6.45) is -4.41. The number of ether oxygens (including phenoxy) is 1. The lowest BCUT2D eigenvalue weighted by Crippen LogP contribution is -2.28. The van der Waals surface area contributed by atoms with Crippen LogP contribution in [0.25, 0.3) is 0 Å². The molecule has 0 aliphatic rings. The molecule has 24 heavy (non-hydrogen) atoms. The van der Waals surface area contributed by atoms with Crippen LogP contribution >= 0.6 is 0 Å². The molecular weight excluding hydrogens is 319 g/mol. The Bertz CT molecular complexity index is 726. The van der Waals surface area contributed by atoms with Gasteiger partial charge >= 0.3 is 6.18 Å². The summed E-state index contributed by atoms with van der Waals surface area (Å²) >= 11 is 0. The molecule has 0 saturated heterocycles. The van der Waals surface area contributed by atoms with E-state index in [-0.39, 0.29) is 24.8 Å². The standard InChI is InChI=1S/C18H18F3NO2/c1-12-6-7-14(10-13(12)2)17(23)22-8-9-24-16-5-3-4-15(11-16)18(19,20)21/h3-7,10-11H,8-9H2,1-2H3,(H,22,23). The zero-order valence-electron chi connectivity index (χ0n) is 13.4. The van der Waals surface area contributed by atoms with E-state index in [2.05, 4.69) is 5.32 Å². The van der Waals surface area contributed by atoms with Gasteiger partial charge in [-0.2, -0.15) is 13.2 Å². The van der Waals surface area contributed by atoms with Gasteiger partial charge in [0.05, 0.1) is 12.1 Å². The Morgan fingerprint density at radius 3 is 2.50 bits per heavy atom. The normalized spacial score (nSPS) is 11.2. The Morgan fingerprint density at radius 1 is 1.08 bits per heavy atom. The van der Waals surface area contributed by atoms with Crippen molar-refractivity contribution in [1.82, 2.24) is 5.32 Å². The number of hydrogen-bond acceptors (Lipinski definition) is 2. The molecule has 0 saturated carbocycles. The molecule has 6 heteroatoms. The van der Waals surface area contributed by atoms with Gasteiger partial charge in [0.1, 0.15) is 12.4 Å². The quantitative estimate of drug-likeness (QED) is 0.833. The third-order valence-electron chi connectivity index (χ3n) is 3.59. The van der Waals surface area contributed by atoms with Gasteiger partial charge in [0, 0.05) is 5.56 Å². The molecule has 0 heterocycles. The number of hydrogen-bond donors (Lipinski definition) is 1. The van der Waals surface area contributed by atoms with Crippen LogP contribution in [0.2, 0.25) is 0 Å². The fourth-order valence-corrected chi connectivity index (χ4v) is 2.08. The number of halogens is 3. The second-order valence-electron chi connectivity index (χ2n) is 5.43. The van der Waals surface area contributed by atoms with Crippen molar-refractivity contribution in [3.05, 3.63) is 64.7 Å². The number of rotatable bonds is 5. The van der Waals surface area contributed by atoms with E-state index in [1.165, 1.54) is 12.1 Å². The SMILES string of the molecule is Cc1ccc(C(=O)NCCOc2cccc(C(F)(F)F)c2)cc1C. The molecule has 0 aliphatic carbocycles. The summed E-state index contributed by atoms with van der Waals surface area (Å²) in [5.74, 6) is -0.129. The second kappa shape index (κ2) is 7.38. The van der Waals surface area contributed by atoms with E-state index in [4.69, 9.17) is 4.74 Å². The Balaban J connectivity index is 1.84. The lowest BCUT2D eigenvalue weighted by molar-refractivity contribution is -0.137. The second-order valence-corrected chi connectivity index (χ2v) is 5.43. The van der Waals surface area contributed by atoms with Gasteiger partial charge in [0.2, 0.25) is 0 Å². The third kappa shape index (κ3) is 4.75. The van der Waals surface area contributed by atoms with Crippen molar-refractivity contribution in [2.24, 2.45) is 0 Å². The van der Waals surface area contributed by atoms with Gasteiger partial charge in [-0.15, -0.1) is 0 Å². The van der Waals surface area contributed by atoms with Gasteiger partial charge in [-0.3, -0.25) is 4.79 Å². The summed E-state index contributed by atoms with van der Waals surface area (Å²) in [6.45, 7) is 4.16. The van der Waals surface area contributed by atoms with Crippen LogP contribution < -0.4 is 10.1 Å². The van der Waals surface area contributed by atoms with Crippen molar-refractivity contribution >= 4 is 5.91 Å². The van der Waals surface area contributed by atoms with Crippen molar-refractivity contribution in [3.63, 3.8) is 0 Å². The lowest BCUT2D eigenvalue weighted by Gasteiger charge is -2.11. The van der Waals surface area contributed by atoms with Crippen LogP contribution in [-0.2, 0) is 6.18 Å². The number of nitrogens with one attached hydrogen (secondary N) is 1. The Hall–Kier alpha value is -2.50. The van der Waals surface area contributed by atoms with Gasteiger partial charge in [-0.25, -0.2) is 0 Å². The Morgan fingerprint density at radius 2 is 1.83 bits per heavy atom. The summed E-state index contributed by atoms with van der Waals surface area (Å²) < 4.78 is 43.1.